The van der Waals surface area contributed by atoms with Gasteiger partial charge in [0, 0.05) is 11.7 Å². The van der Waals surface area contributed by atoms with Crippen LogP contribution in [0.3, 0.4) is 0 Å². The quantitative estimate of drug-likeness (QED) is 0.793. The number of aromatic nitrogens is 1. The van der Waals surface area contributed by atoms with E-state index in [1.165, 1.54) is 0 Å². The molecule has 1 aliphatic rings. The summed E-state index contributed by atoms with van der Waals surface area (Å²) in [5, 5.41) is 2.70. The molecule has 1 saturated heterocycles. The van der Waals surface area contributed by atoms with Crippen molar-refractivity contribution in [1.29, 1.82) is 0 Å². The minimum atomic E-state index is -3.06. The average molecular weight is 328 g/mol. The number of rotatable bonds is 4. The number of ether oxygens (including phenoxy) is 1. The van der Waals surface area contributed by atoms with Crippen molar-refractivity contribution >= 4 is 21.7 Å². The highest BCUT2D eigenvalue weighted by Gasteiger charge is 2.30. The number of esters is 1. The first kappa shape index (κ1) is 16.5. The summed E-state index contributed by atoms with van der Waals surface area (Å²) in [5.74, 6) is -0.828. The summed E-state index contributed by atoms with van der Waals surface area (Å²) in [6.45, 7) is 5.32. The molecule has 1 aliphatic heterocycles. The predicted octanol–water partition coefficient (Wildman–Crippen LogP) is 0.725. The molecule has 1 aromatic heterocycles. The van der Waals surface area contributed by atoms with Crippen LogP contribution in [0.25, 0.3) is 0 Å². The van der Waals surface area contributed by atoms with Crippen LogP contribution >= 0.6 is 0 Å². The Bertz CT molecular complexity index is 705. The Morgan fingerprint density at radius 1 is 1.36 bits per heavy atom. The number of H-pyrrole nitrogens is 1. The van der Waals surface area contributed by atoms with Crippen molar-refractivity contribution in [1.82, 2.24) is 10.3 Å². The van der Waals surface area contributed by atoms with E-state index in [1.54, 1.807) is 20.8 Å². The van der Waals surface area contributed by atoms with E-state index in [-0.39, 0.29) is 29.8 Å². The molecule has 0 aliphatic carbocycles. The maximum atomic E-state index is 12.3. The van der Waals surface area contributed by atoms with Gasteiger partial charge in [0.1, 0.15) is 5.69 Å². The molecule has 1 fully saturated rings. The van der Waals surface area contributed by atoms with Crippen LogP contribution in [-0.2, 0) is 14.6 Å². The lowest BCUT2D eigenvalue weighted by Crippen LogP contribution is -2.36. The summed E-state index contributed by atoms with van der Waals surface area (Å²) >= 11 is 0. The molecule has 2 heterocycles. The van der Waals surface area contributed by atoms with E-state index in [1.807, 2.05) is 0 Å². The van der Waals surface area contributed by atoms with Crippen molar-refractivity contribution < 1.29 is 22.7 Å². The molecule has 2 rings (SSSR count). The fourth-order valence-corrected chi connectivity index (χ4v) is 4.33. The number of carbonyl (C=O) groups is 2. The first-order valence-electron chi connectivity index (χ1n) is 7.12. The molecular weight excluding hydrogens is 308 g/mol. The van der Waals surface area contributed by atoms with Gasteiger partial charge in [-0.1, -0.05) is 0 Å². The Balaban J connectivity index is 2.17. The topological polar surface area (TPSA) is 105 Å². The van der Waals surface area contributed by atoms with Crippen molar-refractivity contribution in [3.63, 3.8) is 0 Å². The number of carbonyl (C=O) groups excluding carboxylic acids is 2. The fraction of sp³-hybridized carbons (Fsp3) is 0.571. The summed E-state index contributed by atoms with van der Waals surface area (Å²) in [4.78, 5) is 27.1. The van der Waals surface area contributed by atoms with Crippen LogP contribution in [0.2, 0.25) is 0 Å². The standard InChI is InChI=1S/C14H20N2O5S/c1-4-21-14(18)11-8(2)12(15-9(11)3)13(17)16-10-5-6-22(19,20)7-10/h10,15H,4-7H2,1-3H3,(H,16,17). The Morgan fingerprint density at radius 2 is 2.05 bits per heavy atom. The number of nitrogens with one attached hydrogen (secondary N) is 2. The maximum Gasteiger partial charge on any atom is 0.340 e. The zero-order chi connectivity index (χ0) is 16.5. The molecule has 22 heavy (non-hydrogen) atoms. The molecule has 8 heteroatoms. The molecule has 0 spiro atoms. The highest BCUT2D eigenvalue weighted by molar-refractivity contribution is 7.91. The van der Waals surface area contributed by atoms with Gasteiger partial charge in [0.25, 0.3) is 5.91 Å². The van der Waals surface area contributed by atoms with Gasteiger partial charge >= 0.3 is 5.97 Å². The van der Waals surface area contributed by atoms with Crippen LogP contribution in [0, 0.1) is 13.8 Å². The van der Waals surface area contributed by atoms with E-state index in [4.69, 9.17) is 4.74 Å². The summed E-state index contributed by atoms with van der Waals surface area (Å²) < 4.78 is 27.8. The van der Waals surface area contributed by atoms with Gasteiger partial charge in [0.15, 0.2) is 9.84 Å². The lowest BCUT2D eigenvalue weighted by atomic mass is 10.1. The first-order valence-corrected chi connectivity index (χ1v) is 8.95. The monoisotopic (exact) mass is 328 g/mol. The largest absolute Gasteiger partial charge is 0.462 e. The van der Waals surface area contributed by atoms with Gasteiger partial charge in [-0.2, -0.15) is 0 Å². The van der Waals surface area contributed by atoms with Crippen LogP contribution in [0.1, 0.15) is 45.4 Å². The van der Waals surface area contributed by atoms with Crippen LogP contribution < -0.4 is 5.32 Å². The molecule has 0 bridgehead atoms. The van der Waals surface area contributed by atoms with E-state index < -0.39 is 21.7 Å². The SMILES string of the molecule is CCOC(=O)c1c(C)[nH]c(C(=O)NC2CCS(=O)(=O)C2)c1C. The smallest absolute Gasteiger partial charge is 0.340 e. The van der Waals surface area contributed by atoms with Gasteiger partial charge in [-0.25, -0.2) is 13.2 Å². The molecular formula is C14H20N2O5S. The minimum absolute atomic E-state index is 0.0395. The number of aromatic amines is 1. The van der Waals surface area contributed by atoms with Gasteiger partial charge in [-0.15, -0.1) is 0 Å². The normalized spacial score (nSPS) is 19.9. The van der Waals surface area contributed by atoms with Crippen LogP contribution in [-0.4, -0.2) is 49.4 Å². The molecule has 1 unspecified atom stereocenters. The second-order valence-corrected chi connectivity index (χ2v) is 7.65. The zero-order valence-corrected chi connectivity index (χ0v) is 13.7. The molecule has 1 amide bonds. The lowest BCUT2D eigenvalue weighted by Gasteiger charge is -2.10. The van der Waals surface area contributed by atoms with Crippen LogP contribution in [0.15, 0.2) is 0 Å². The Labute approximate surface area is 129 Å². The fourth-order valence-electron chi connectivity index (χ4n) is 2.65. The number of hydrogen-bond acceptors (Lipinski definition) is 5. The van der Waals surface area contributed by atoms with Gasteiger partial charge < -0.3 is 15.0 Å². The summed E-state index contributed by atoms with van der Waals surface area (Å²) in [6, 6.07) is -0.383. The van der Waals surface area contributed by atoms with E-state index in [9.17, 15) is 18.0 Å². The van der Waals surface area contributed by atoms with E-state index in [2.05, 4.69) is 10.3 Å². The molecule has 1 aromatic rings. The molecule has 0 radical (unpaired) electrons. The van der Waals surface area contributed by atoms with Gasteiger partial charge in [0.2, 0.25) is 0 Å². The number of amides is 1. The molecule has 7 nitrogen and oxygen atoms in total. The van der Waals surface area contributed by atoms with Crippen molar-refractivity contribution in [2.24, 2.45) is 0 Å². The summed E-state index contributed by atoms with van der Waals surface area (Å²) in [6.07, 6.45) is 0.414. The van der Waals surface area contributed by atoms with Crippen molar-refractivity contribution in [3.05, 3.63) is 22.5 Å². The van der Waals surface area contributed by atoms with Crippen LogP contribution in [0.4, 0.5) is 0 Å². The van der Waals surface area contributed by atoms with Crippen LogP contribution in [0.5, 0.6) is 0 Å². The third-order valence-electron chi connectivity index (χ3n) is 3.71. The third kappa shape index (κ3) is 3.32. The number of sulfone groups is 1. The lowest BCUT2D eigenvalue weighted by molar-refractivity contribution is 0.0525. The predicted molar refractivity (Wildman–Crippen MR) is 80.7 cm³/mol. The molecule has 1 atom stereocenters. The van der Waals surface area contributed by atoms with Crippen molar-refractivity contribution in [2.45, 2.75) is 33.2 Å². The first-order chi connectivity index (χ1) is 10.2. The highest BCUT2D eigenvalue weighted by atomic mass is 32.2. The van der Waals surface area contributed by atoms with Crippen molar-refractivity contribution in [2.75, 3.05) is 18.1 Å². The molecule has 122 valence electrons. The van der Waals surface area contributed by atoms with Crippen molar-refractivity contribution in [3.8, 4) is 0 Å². The number of aryl methyl sites for hydroxylation is 1. The second kappa shape index (κ2) is 6.12. The Hall–Kier alpha value is -1.83. The maximum absolute atomic E-state index is 12.3. The van der Waals surface area contributed by atoms with E-state index >= 15 is 0 Å². The van der Waals surface area contributed by atoms with E-state index in [0.29, 0.717) is 23.2 Å². The number of hydrogen-bond donors (Lipinski definition) is 2. The molecule has 0 aromatic carbocycles. The van der Waals surface area contributed by atoms with E-state index in [0.717, 1.165) is 0 Å². The second-order valence-electron chi connectivity index (χ2n) is 5.42. The Kier molecular flexibility index (Phi) is 4.60. The Morgan fingerprint density at radius 3 is 2.59 bits per heavy atom. The zero-order valence-electron chi connectivity index (χ0n) is 12.9. The third-order valence-corrected chi connectivity index (χ3v) is 5.48. The molecule has 2 N–H and O–H groups in total. The summed E-state index contributed by atoms with van der Waals surface area (Å²) in [5.41, 5.74) is 1.69. The summed E-state index contributed by atoms with van der Waals surface area (Å²) in [7, 11) is -3.06. The minimum Gasteiger partial charge on any atom is -0.462 e. The highest BCUT2D eigenvalue weighted by Crippen LogP contribution is 2.20. The molecule has 0 saturated carbocycles. The van der Waals surface area contributed by atoms with Gasteiger partial charge in [-0.3, -0.25) is 4.79 Å². The van der Waals surface area contributed by atoms with Gasteiger partial charge in [-0.05, 0) is 32.8 Å². The van der Waals surface area contributed by atoms with Gasteiger partial charge in [0.05, 0.1) is 23.7 Å². The average Bonchev–Trinajstić information content (AvgIpc) is 2.89.